The van der Waals surface area contributed by atoms with Crippen LogP contribution in [0.1, 0.15) is 35.4 Å². The first-order chi connectivity index (χ1) is 10.5. The third kappa shape index (κ3) is 4.11. The van der Waals surface area contributed by atoms with Crippen LogP contribution in [0.15, 0.2) is 48.5 Å². The Kier molecular flexibility index (Phi) is 5.22. The molecule has 0 heterocycles. The minimum Gasteiger partial charge on any atom is -0.388 e. The molecule has 2 unspecified atom stereocenters. The van der Waals surface area contributed by atoms with E-state index in [2.05, 4.69) is 5.32 Å². The van der Waals surface area contributed by atoms with Crippen molar-refractivity contribution < 1.29 is 18.7 Å². The molecule has 0 spiro atoms. The van der Waals surface area contributed by atoms with E-state index in [4.69, 9.17) is 0 Å². The molecule has 3 nitrogen and oxygen atoms in total. The second-order valence-corrected chi connectivity index (χ2v) is 5.16. The first kappa shape index (κ1) is 16.1. The highest BCUT2D eigenvalue weighted by Gasteiger charge is 2.17. The number of rotatable bonds is 5. The van der Waals surface area contributed by atoms with Gasteiger partial charge in [0.25, 0.3) is 5.91 Å². The molecule has 2 aromatic rings. The summed E-state index contributed by atoms with van der Waals surface area (Å²) in [6.45, 7) is 1.70. The van der Waals surface area contributed by atoms with Crippen molar-refractivity contribution >= 4 is 5.91 Å². The van der Waals surface area contributed by atoms with Gasteiger partial charge in [0.2, 0.25) is 0 Å². The van der Waals surface area contributed by atoms with Crippen LogP contribution in [-0.2, 0) is 0 Å². The van der Waals surface area contributed by atoms with Crippen LogP contribution in [0.2, 0.25) is 0 Å². The summed E-state index contributed by atoms with van der Waals surface area (Å²) < 4.78 is 26.6. The van der Waals surface area contributed by atoms with E-state index in [9.17, 15) is 18.7 Å². The van der Waals surface area contributed by atoms with E-state index in [1.165, 1.54) is 0 Å². The summed E-state index contributed by atoms with van der Waals surface area (Å²) >= 11 is 0. The van der Waals surface area contributed by atoms with Crippen molar-refractivity contribution in [2.75, 3.05) is 0 Å². The van der Waals surface area contributed by atoms with Crippen molar-refractivity contribution in [3.05, 3.63) is 71.3 Å². The van der Waals surface area contributed by atoms with E-state index >= 15 is 0 Å². The Bertz CT molecular complexity index is 646. The number of halogens is 2. The first-order valence-electron chi connectivity index (χ1n) is 6.96. The average Bonchev–Trinajstić information content (AvgIpc) is 2.50. The van der Waals surface area contributed by atoms with E-state index in [0.29, 0.717) is 0 Å². The summed E-state index contributed by atoms with van der Waals surface area (Å²) in [5.74, 6) is -2.16. The molecule has 0 aliphatic heterocycles. The Hall–Kier alpha value is -2.27. The average molecular weight is 305 g/mol. The summed E-state index contributed by atoms with van der Waals surface area (Å²) in [5.41, 5.74) is 0.390. The van der Waals surface area contributed by atoms with Gasteiger partial charge in [0, 0.05) is 6.04 Å². The predicted molar refractivity (Wildman–Crippen MR) is 79.3 cm³/mol. The van der Waals surface area contributed by atoms with E-state index < -0.39 is 29.7 Å². The number of carbonyl (C=O) groups excluding carboxylic acids is 1. The molecule has 2 atom stereocenters. The van der Waals surface area contributed by atoms with Crippen molar-refractivity contribution in [1.29, 1.82) is 0 Å². The van der Waals surface area contributed by atoms with Crippen molar-refractivity contribution in [1.82, 2.24) is 5.32 Å². The molecule has 2 aromatic carbocycles. The van der Waals surface area contributed by atoms with Gasteiger partial charge in [0.1, 0.15) is 11.6 Å². The monoisotopic (exact) mass is 305 g/mol. The molecule has 22 heavy (non-hydrogen) atoms. The summed E-state index contributed by atoms with van der Waals surface area (Å²) in [4.78, 5) is 11.9. The zero-order chi connectivity index (χ0) is 16.1. The van der Waals surface area contributed by atoms with E-state index in [-0.39, 0.29) is 12.0 Å². The quantitative estimate of drug-likeness (QED) is 0.891. The standard InChI is InChI=1S/C17H17F2NO2/c1-11(9-16(21)12-5-3-2-4-6-12)20-17(22)14-10-13(18)7-8-15(14)19/h2-8,10-11,16,21H,9H2,1H3,(H,20,22). The van der Waals surface area contributed by atoms with Gasteiger partial charge in [-0.05, 0) is 37.1 Å². The Morgan fingerprint density at radius 3 is 2.55 bits per heavy atom. The van der Waals surface area contributed by atoms with E-state index in [1.54, 1.807) is 19.1 Å². The molecule has 0 bridgehead atoms. The number of carbonyl (C=O) groups is 1. The van der Waals surface area contributed by atoms with Gasteiger partial charge < -0.3 is 10.4 Å². The maximum atomic E-state index is 13.5. The molecule has 0 aliphatic carbocycles. The fourth-order valence-electron chi connectivity index (χ4n) is 2.18. The number of aliphatic hydroxyl groups is 1. The zero-order valence-corrected chi connectivity index (χ0v) is 12.1. The van der Waals surface area contributed by atoms with Crippen LogP contribution in [0.5, 0.6) is 0 Å². The highest BCUT2D eigenvalue weighted by molar-refractivity contribution is 5.94. The summed E-state index contributed by atoms with van der Waals surface area (Å²) in [5, 5.41) is 12.6. The number of hydrogen-bond donors (Lipinski definition) is 2. The first-order valence-corrected chi connectivity index (χ1v) is 6.96. The summed E-state index contributed by atoms with van der Waals surface area (Å²) in [6, 6.07) is 11.3. The lowest BCUT2D eigenvalue weighted by atomic mass is 10.0. The van der Waals surface area contributed by atoms with Crippen molar-refractivity contribution in [3.8, 4) is 0 Å². The molecule has 0 saturated heterocycles. The largest absolute Gasteiger partial charge is 0.388 e. The molecule has 2 N–H and O–H groups in total. The van der Waals surface area contributed by atoms with Gasteiger partial charge in [-0.2, -0.15) is 0 Å². The fourth-order valence-corrected chi connectivity index (χ4v) is 2.18. The lowest BCUT2D eigenvalue weighted by Gasteiger charge is -2.18. The van der Waals surface area contributed by atoms with Gasteiger partial charge in [-0.1, -0.05) is 30.3 Å². The van der Waals surface area contributed by atoms with Gasteiger partial charge in [0.05, 0.1) is 11.7 Å². The topological polar surface area (TPSA) is 49.3 Å². The predicted octanol–water partition coefficient (Wildman–Crippen LogP) is 3.21. The van der Waals surface area contributed by atoms with E-state index in [0.717, 1.165) is 23.8 Å². The maximum Gasteiger partial charge on any atom is 0.254 e. The Labute approximate surface area is 127 Å². The lowest BCUT2D eigenvalue weighted by Crippen LogP contribution is -2.34. The smallest absolute Gasteiger partial charge is 0.254 e. The van der Waals surface area contributed by atoms with Gasteiger partial charge >= 0.3 is 0 Å². The molecule has 5 heteroatoms. The van der Waals surface area contributed by atoms with Crippen molar-refractivity contribution in [2.24, 2.45) is 0 Å². The van der Waals surface area contributed by atoms with Gasteiger partial charge in [-0.15, -0.1) is 0 Å². The number of aliphatic hydroxyl groups excluding tert-OH is 1. The molecule has 0 saturated carbocycles. The molecule has 0 radical (unpaired) electrons. The second kappa shape index (κ2) is 7.13. The van der Waals surface area contributed by atoms with Crippen molar-refractivity contribution in [2.45, 2.75) is 25.5 Å². The number of hydrogen-bond acceptors (Lipinski definition) is 2. The van der Waals surface area contributed by atoms with Crippen LogP contribution in [-0.4, -0.2) is 17.1 Å². The SMILES string of the molecule is CC(CC(O)c1ccccc1)NC(=O)c1cc(F)ccc1F. The van der Waals surface area contributed by atoms with Crippen LogP contribution in [0.4, 0.5) is 8.78 Å². The van der Waals surface area contributed by atoms with E-state index in [1.807, 2.05) is 18.2 Å². The van der Waals surface area contributed by atoms with Crippen LogP contribution in [0, 0.1) is 11.6 Å². The second-order valence-electron chi connectivity index (χ2n) is 5.16. The molecule has 2 rings (SSSR count). The minimum absolute atomic E-state index is 0.271. The Morgan fingerprint density at radius 1 is 1.18 bits per heavy atom. The van der Waals surface area contributed by atoms with Gasteiger partial charge in [-0.3, -0.25) is 4.79 Å². The third-order valence-electron chi connectivity index (χ3n) is 3.31. The Balaban J connectivity index is 1.98. The molecule has 0 fully saturated rings. The number of amides is 1. The summed E-state index contributed by atoms with van der Waals surface area (Å²) in [6.07, 6.45) is -0.471. The summed E-state index contributed by atoms with van der Waals surface area (Å²) in [7, 11) is 0. The highest BCUT2D eigenvalue weighted by Crippen LogP contribution is 2.18. The Morgan fingerprint density at radius 2 is 1.86 bits per heavy atom. The zero-order valence-electron chi connectivity index (χ0n) is 12.1. The van der Waals surface area contributed by atoms with Crippen LogP contribution in [0.25, 0.3) is 0 Å². The number of benzene rings is 2. The minimum atomic E-state index is -0.783. The molecular formula is C17H17F2NO2. The van der Waals surface area contributed by atoms with Gasteiger partial charge in [-0.25, -0.2) is 8.78 Å². The highest BCUT2D eigenvalue weighted by atomic mass is 19.1. The normalized spacial score (nSPS) is 13.5. The van der Waals surface area contributed by atoms with Crippen LogP contribution in [0.3, 0.4) is 0 Å². The maximum absolute atomic E-state index is 13.5. The molecule has 0 aromatic heterocycles. The fraction of sp³-hybridized carbons (Fsp3) is 0.235. The molecule has 0 aliphatic rings. The molecule has 1 amide bonds. The van der Waals surface area contributed by atoms with Crippen LogP contribution < -0.4 is 5.32 Å². The van der Waals surface area contributed by atoms with Gasteiger partial charge in [0.15, 0.2) is 0 Å². The van der Waals surface area contributed by atoms with Crippen LogP contribution >= 0.6 is 0 Å². The van der Waals surface area contributed by atoms with Crippen molar-refractivity contribution in [3.63, 3.8) is 0 Å². The molecule has 116 valence electrons. The third-order valence-corrected chi connectivity index (χ3v) is 3.31. The number of nitrogens with one attached hydrogen (secondary N) is 1. The lowest BCUT2D eigenvalue weighted by molar-refractivity contribution is 0.0912. The molecular weight excluding hydrogens is 288 g/mol.